The third-order valence-electron chi connectivity index (χ3n) is 5.82. The van der Waals surface area contributed by atoms with E-state index in [1.54, 1.807) is 34.9 Å². The van der Waals surface area contributed by atoms with Gasteiger partial charge in [0.1, 0.15) is 0 Å². The second-order valence-corrected chi connectivity index (χ2v) is 7.70. The molecule has 0 saturated carbocycles. The van der Waals surface area contributed by atoms with E-state index in [-0.39, 0.29) is 17.8 Å². The van der Waals surface area contributed by atoms with Crippen molar-refractivity contribution in [2.75, 3.05) is 6.54 Å². The molecule has 1 aliphatic rings. The standard InChI is InChI=1S/C26H21FN2O2/c27-24(29-22-14-7-5-10-18(22)19-11-6-8-15-23(19)29)16-2-1-9-17-28-25(30)20-12-3-4-13-21(20)26(28)31/h3-8,10-16H,1-2,9,17H2/b24-16+. The Kier molecular flexibility index (Phi) is 4.86. The number of imide groups is 1. The van der Waals surface area contributed by atoms with Gasteiger partial charge in [0.2, 0.25) is 0 Å². The van der Waals surface area contributed by atoms with Crippen LogP contribution in [0.25, 0.3) is 27.8 Å². The maximum atomic E-state index is 15.2. The van der Waals surface area contributed by atoms with Crippen molar-refractivity contribution in [1.82, 2.24) is 9.47 Å². The van der Waals surface area contributed by atoms with Crippen LogP contribution in [0, 0.1) is 0 Å². The van der Waals surface area contributed by atoms with Crippen molar-refractivity contribution in [3.63, 3.8) is 0 Å². The summed E-state index contributed by atoms with van der Waals surface area (Å²) in [6.45, 7) is 0.344. The number of halogens is 1. The molecule has 0 spiro atoms. The van der Waals surface area contributed by atoms with Gasteiger partial charge in [-0.25, -0.2) is 0 Å². The predicted octanol–water partition coefficient (Wildman–Crippen LogP) is 6.03. The van der Waals surface area contributed by atoms with Crippen LogP contribution in [0.2, 0.25) is 0 Å². The van der Waals surface area contributed by atoms with E-state index in [4.69, 9.17) is 0 Å². The van der Waals surface area contributed by atoms with Gasteiger partial charge in [0, 0.05) is 17.3 Å². The monoisotopic (exact) mass is 412 g/mol. The average Bonchev–Trinajstić information content (AvgIpc) is 3.26. The number of hydrogen-bond acceptors (Lipinski definition) is 2. The van der Waals surface area contributed by atoms with E-state index in [0.29, 0.717) is 36.9 Å². The van der Waals surface area contributed by atoms with Gasteiger partial charge in [-0.2, -0.15) is 4.39 Å². The molecule has 0 bridgehead atoms. The van der Waals surface area contributed by atoms with E-state index in [1.807, 2.05) is 48.5 Å². The van der Waals surface area contributed by atoms with Crippen LogP contribution in [0.1, 0.15) is 40.0 Å². The lowest BCUT2D eigenvalue weighted by atomic mass is 10.1. The van der Waals surface area contributed by atoms with Gasteiger partial charge in [-0.3, -0.25) is 19.1 Å². The number of carbonyl (C=O) groups excluding carboxylic acids is 2. The van der Waals surface area contributed by atoms with Crippen molar-refractivity contribution in [2.24, 2.45) is 0 Å². The van der Waals surface area contributed by atoms with Crippen LogP contribution in [0.5, 0.6) is 0 Å². The molecule has 4 nitrogen and oxygen atoms in total. The number of allylic oxidation sites excluding steroid dienone is 1. The van der Waals surface area contributed by atoms with E-state index in [1.165, 1.54) is 4.90 Å². The summed E-state index contributed by atoms with van der Waals surface area (Å²) in [4.78, 5) is 26.1. The zero-order valence-electron chi connectivity index (χ0n) is 16.9. The van der Waals surface area contributed by atoms with Crippen LogP contribution in [-0.2, 0) is 0 Å². The van der Waals surface area contributed by atoms with Crippen molar-refractivity contribution in [1.29, 1.82) is 0 Å². The van der Waals surface area contributed by atoms with E-state index in [0.717, 1.165) is 21.8 Å². The maximum Gasteiger partial charge on any atom is 0.261 e. The lowest BCUT2D eigenvalue weighted by molar-refractivity contribution is 0.0652. The summed E-state index contributed by atoms with van der Waals surface area (Å²) in [5.41, 5.74) is 2.60. The van der Waals surface area contributed by atoms with Crippen LogP contribution in [0.3, 0.4) is 0 Å². The third-order valence-corrected chi connectivity index (χ3v) is 5.82. The molecule has 2 heterocycles. The van der Waals surface area contributed by atoms with Gasteiger partial charge in [-0.05, 0) is 49.6 Å². The summed E-state index contributed by atoms with van der Waals surface area (Å²) in [6.07, 6.45) is 3.41. The molecule has 0 atom stereocenters. The Bertz CT molecular complexity index is 1260. The number of rotatable bonds is 6. The second-order valence-electron chi connectivity index (χ2n) is 7.70. The zero-order chi connectivity index (χ0) is 21.4. The first kappa shape index (κ1) is 19.2. The minimum atomic E-state index is -0.307. The predicted molar refractivity (Wildman–Crippen MR) is 120 cm³/mol. The van der Waals surface area contributed by atoms with Crippen LogP contribution in [-0.4, -0.2) is 27.8 Å². The van der Waals surface area contributed by atoms with Gasteiger partial charge >= 0.3 is 0 Å². The molecule has 0 aliphatic carbocycles. The lowest BCUT2D eigenvalue weighted by Gasteiger charge is -2.13. The summed E-state index contributed by atoms with van der Waals surface area (Å²) in [5, 5.41) is 2.04. The van der Waals surface area contributed by atoms with Crippen molar-refractivity contribution >= 4 is 39.6 Å². The second kappa shape index (κ2) is 7.84. The third kappa shape index (κ3) is 3.22. The largest absolute Gasteiger partial charge is 0.286 e. The van der Waals surface area contributed by atoms with Gasteiger partial charge in [0.25, 0.3) is 11.8 Å². The van der Waals surface area contributed by atoms with E-state index < -0.39 is 0 Å². The smallest absolute Gasteiger partial charge is 0.261 e. The molecule has 2 amide bonds. The molecular formula is C26H21FN2O2. The number of nitrogens with zero attached hydrogens (tertiary/aromatic N) is 2. The summed E-state index contributed by atoms with van der Waals surface area (Å²) in [6, 6.07) is 22.5. The molecule has 0 radical (unpaired) electrons. The van der Waals surface area contributed by atoms with Gasteiger partial charge in [-0.1, -0.05) is 48.5 Å². The fourth-order valence-corrected chi connectivity index (χ4v) is 4.32. The molecule has 1 aromatic heterocycles. The number of aromatic nitrogens is 1. The van der Waals surface area contributed by atoms with Crippen LogP contribution in [0.4, 0.5) is 4.39 Å². The Labute approximate surface area is 179 Å². The highest BCUT2D eigenvalue weighted by Crippen LogP contribution is 2.32. The average molecular weight is 412 g/mol. The molecule has 31 heavy (non-hydrogen) atoms. The maximum absolute atomic E-state index is 15.2. The highest BCUT2D eigenvalue weighted by molar-refractivity contribution is 6.21. The van der Waals surface area contributed by atoms with Crippen molar-refractivity contribution in [3.05, 3.63) is 90.0 Å². The number of hydrogen-bond donors (Lipinski definition) is 0. The molecular weight excluding hydrogens is 391 g/mol. The normalized spacial score (nSPS) is 14.1. The molecule has 1 aliphatic heterocycles. The van der Waals surface area contributed by atoms with E-state index >= 15 is 4.39 Å². The minimum Gasteiger partial charge on any atom is -0.286 e. The number of carbonyl (C=O) groups is 2. The number of para-hydroxylation sites is 2. The molecule has 0 fully saturated rings. The zero-order valence-corrected chi connectivity index (χ0v) is 16.9. The van der Waals surface area contributed by atoms with Crippen LogP contribution in [0.15, 0.2) is 78.9 Å². The van der Waals surface area contributed by atoms with Gasteiger partial charge < -0.3 is 0 Å². The van der Waals surface area contributed by atoms with Crippen molar-refractivity contribution in [2.45, 2.75) is 19.3 Å². The summed E-state index contributed by atoms with van der Waals surface area (Å²) in [5.74, 6) is -0.793. The number of benzene rings is 3. The molecule has 5 heteroatoms. The fourth-order valence-electron chi connectivity index (χ4n) is 4.32. The number of unbranched alkanes of at least 4 members (excludes halogenated alkanes) is 2. The Morgan fingerprint density at radius 1 is 0.742 bits per heavy atom. The Morgan fingerprint density at radius 2 is 1.26 bits per heavy atom. The summed E-state index contributed by atoms with van der Waals surface area (Å²) < 4.78 is 16.8. The number of amides is 2. The molecule has 3 aromatic carbocycles. The lowest BCUT2D eigenvalue weighted by Crippen LogP contribution is -2.30. The SMILES string of the molecule is O=C1c2ccccc2C(=O)N1CCCC/C=C(\F)n1c2ccccc2c2ccccc21. The highest BCUT2D eigenvalue weighted by Gasteiger charge is 2.34. The highest BCUT2D eigenvalue weighted by atomic mass is 19.1. The quantitative estimate of drug-likeness (QED) is 0.287. The van der Waals surface area contributed by atoms with Gasteiger partial charge in [0.05, 0.1) is 22.2 Å². The Hall–Kier alpha value is -3.73. The Balaban J connectivity index is 1.27. The van der Waals surface area contributed by atoms with Crippen LogP contribution < -0.4 is 0 Å². The number of fused-ring (bicyclic) bond motifs is 4. The first-order valence-electron chi connectivity index (χ1n) is 10.5. The van der Waals surface area contributed by atoms with Crippen LogP contribution >= 0.6 is 0 Å². The molecule has 4 aromatic rings. The molecule has 154 valence electrons. The first-order valence-corrected chi connectivity index (χ1v) is 10.5. The Morgan fingerprint density at radius 3 is 1.84 bits per heavy atom. The topological polar surface area (TPSA) is 42.3 Å². The van der Waals surface area contributed by atoms with E-state index in [9.17, 15) is 9.59 Å². The van der Waals surface area contributed by atoms with Crippen molar-refractivity contribution < 1.29 is 14.0 Å². The molecule has 0 unspecified atom stereocenters. The minimum absolute atomic E-state index is 0.243. The molecule has 5 rings (SSSR count). The fraction of sp³-hybridized carbons (Fsp3) is 0.154. The van der Waals surface area contributed by atoms with E-state index in [2.05, 4.69) is 0 Å². The van der Waals surface area contributed by atoms with Gasteiger partial charge in [0.15, 0.2) is 5.95 Å². The molecule has 0 N–H and O–H groups in total. The van der Waals surface area contributed by atoms with Gasteiger partial charge in [-0.15, -0.1) is 0 Å². The van der Waals surface area contributed by atoms with Crippen molar-refractivity contribution in [3.8, 4) is 0 Å². The summed E-state index contributed by atoms with van der Waals surface area (Å²) >= 11 is 0. The first-order chi connectivity index (χ1) is 15.2. The molecule has 0 saturated heterocycles. The summed E-state index contributed by atoms with van der Waals surface area (Å²) in [7, 11) is 0.